The van der Waals surface area contributed by atoms with Gasteiger partial charge in [0.2, 0.25) is 0 Å². The zero-order valence-corrected chi connectivity index (χ0v) is 13.0. The van der Waals surface area contributed by atoms with Crippen LogP contribution in [0.3, 0.4) is 0 Å². The summed E-state index contributed by atoms with van der Waals surface area (Å²) in [6.45, 7) is 12.8. The van der Waals surface area contributed by atoms with Gasteiger partial charge in [0.25, 0.3) is 0 Å². The summed E-state index contributed by atoms with van der Waals surface area (Å²) in [6.07, 6.45) is 7.13. The third kappa shape index (κ3) is 4.17. The van der Waals surface area contributed by atoms with E-state index in [2.05, 4.69) is 20.0 Å². The Morgan fingerprint density at radius 3 is 1.95 bits per heavy atom. The van der Waals surface area contributed by atoms with Crippen LogP contribution in [0.25, 0.3) is 0 Å². The minimum absolute atomic E-state index is 0.894. The molecule has 20 heavy (non-hydrogen) atoms. The number of likely N-dealkylation sites (tertiary alicyclic amines) is 2. The van der Waals surface area contributed by atoms with E-state index in [-0.39, 0.29) is 0 Å². The fraction of sp³-hybridized carbons (Fsp3) is 1.00. The van der Waals surface area contributed by atoms with E-state index in [1.165, 1.54) is 97.6 Å². The molecule has 0 radical (unpaired) electrons. The Labute approximate surface area is 124 Å². The predicted molar refractivity (Wildman–Crippen MR) is 84.2 cm³/mol. The lowest BCUT2D eigenvalue weighted by Gasteiger charge is -2.40. The number of hydrogen-bond acceptors (Lipinski definition) is 4. The summed E-state index contributed by atoms with van der Waals surface area (Å²) in [4.78, 5) is 8.09. The van der Waals surface area contributed by atoms with Crippen molar-refractivity contribution in [2.24, 2.45) is 0 Å². The van der Waals surface area contributed by atoms with Gasteiger partial charge in [-0.2, -0.15) is 0 Å². The van der Waals surface area contributed by atoms with Crippen LogP contribution in [0.5, 0.6) is 0 Å². The van der Waals surface area contributed by atoms with Crippen LogP contribution in [-0.2, 0) is 0 Å². The van der Waals surface area contributed by atoms with E-state index in [0.717, 1.165) is 6.04 Å². The Balaban J connectivity index is 1.33. The van der Waals surface area contributed by atoms with E-state index in [0.29, 0.717) is 0 Å². The molecule has 3 heterocycles. The Hall–Kier alpha value is -0.160. The zero-order chi connectivity index (χ0) is 13.6. The summed E-state index contributed by atoms with van der Waals surface area (Å²) in [5.41, 5.74) is 0. The quantitative estimate of drug-likeness (QED) is 0.824. The van der Waals surface area contributed by atoms with Crippen molar-refractivity contribution in [3.8, 4) is 0 Å². The first kappa shape index (κ1) is 14.8. The van der Waals surface area contributed by atoms with Gasteiger partial charge < -0.3 is 15.1 Å². The van der Waals surface area contributed by atoms with E-state index in [1.54, 1.807) is 0 Å². The lowest BCUT2D eigenvalue weighted by molar-refractivity contribution is 0.0857. The molecule has 3 rings (SSSR count). The second kappa shape index (κ2) is 7.74. The van der Waals surface area contributed by atoms with Crippen LogP contribution in [-0.4, -0.2) is 86.2 Å². The number of rotatable bonds is 4. The number of piperazine rings is 1. The van der Waals surface area contributed by atoms with Crippen LogP contribution in [0.2, 0.25) is 0 Å². The summed E-state index contributed by atoms with van der Waals surface area (Å²) in [5.74, 6) is 0. The maximum atomic E-state index is 3.43. The Kier molecular flexibility index (Phi) is 5.71. The number of nitrogens with one attached hydrogen (secondary N) is 1. The normalized spacial score (nSPS) is 28.8. The van der Waals surface area contributed by atoms with Crippen molar-refractivity contribution in [3.63, 3.8) is 0 Å². The van der Waals surface area contributed by atoms with Crippen LogP contribution in [0, 0.1) is 0 Å². The highest BCUT2D eigenvalue weighted by Crippen LogP contribution is 2.20. The Morgan fingerprint density at radius 1 is 0.700 bits per heavy atom. The van der Waals surface area contributed by atoms with Gasteiger partial charge in [0.15, 0.2) is 0 Å². The second-order valence-corrected chi connectivity index (χ2v) is 6.76. The largest absolute Gasteiger partial charge is 0.314 e. The first-order valence-corrected chi connectivity index (χ1v) is 8.81. The van der Waals surface area contributed by atoms with Crippen LogP contribution < -0.4 is 5.32 Å². The highest BCUT2D eigenvalue weighted by Gasteiger charge is 2.25. The van der Waals surface area contributed by atoms with Crippen LogP contribution >= 0.6 is 0 Å². The van der Waals surface area contributed by atoms with E-state index in [4.69, 9.17) is 0 Å². The zero-order valence-electron chi connectivity index (χ0n) is 13.0. The first-order valence-electron chi connectivity index (χ1n) is 8.81. The van der Waals surface area contributed by atoms with Crippen molar-refractivity contribution in [1.29, 1.82) is 0 Å². The molecular formula is C16H32N4. The SMILES string of the molecule is C1CCN(C2CCN(CCN3CCNCC3)CC2)CC1. The van der Waals surface area contributed by atoms with Crippen molar-refractivity contribution in [2.75, 3.05) is 65.4 Å². The third-order valence-corrected chi connectivity index (χ3v) is 5.41. The lowest BCUT2D eigenvalue weighted by Crippen LogP contribution is -2.49. The molecular weight excluding hydrogens is 248 g/mol. The van der Waals surface area contributed by atoms with E-state index < -0.39 is 0 Å². The maximum absolute atomic E-state index is 3.43. The van der Waals surface area contributed by atoms with Gasteiger partial charge in [0, 0.05) is 45.3 Å². The van der Waals surface area contributed by atoms with Gasteiger partial charge in [-0.15, -0.1) is 0 Å². The molecule has 0 spiro atoms. The predicted octanol–water partition coefficient (Wildman–Crippen LogP) is 0.842. The number of hydrogen-bond donors (Lipinski definition) is 1. The third-order valence-electron chi connectivity index (χ3n) is 5.41. The van der Waals surface area contributed by atoms with Gasteiger partial charge in [0.05, 0.1) is 0 Å². The van der Waals surface area contributed by atoms with Crippen molar-refractivity contribution in [2.45, 2.75) is 38.1 Å². The van der Waals surface area contributed by atoms with Crippen molar-refractivity contribution < 1.29 is 0 Å². The standard InChI is InChI=1S/C16H32N4/c1-2-8-20(9-3-1)16-4-10-18(11-5-16)14-15-19-12-6-17-7-13-19/h16-17H,1-15H2. The minimum atomic E-state index is 0.894. The Morgan fingerprint density at radius 2 is 1.30 bits per heavy atom. The van der Waals surface area contributed by atoms with Gasteiger partial charge in [-0.25, -0.2) is 0 Å². The molecule has 116 valence electrons. The van der Waals surface area contributed by atoms with Gasteiger partial charge >= 0.3 is 0 Å². The van der Waals surface area contributed by atoms with Gasteiger partial charge in [-0.3, -0.25) is 4.90 Å². The summed E-state index contributed by atoms with van der Waals surface area (Å²) in [6, 6.07) is 0.894. The Bertz CT molecular complexity index is 264. The van der Waals surface area contributed by atoms with Gasteiger partial charge in [0.1, 0.15) is 0 Å². The molecule has 0 amide bonds. The second-order valence-electron chi connectivity index (χ2n) is 6.76. The molecule has 0 saturated carbocycles. The summed E-state index contributed by atoms with van der Waals surface area (Å²) < 4.78 is 0. The summed E-state index contributed by atoms with van der Waals surface area (Å²) >= 11 is 0. The first-order chi connectivity index (χ1) is 9.92. The molecule has 0 atom stereocenters. The molecule has 1 N–H and O–H groups in total. The molecule has 0 unspecified atom stereocenters. The average molecular weight is 280 g/mol. The fourth-order valence-corrected chi connectivity index (χ4v) is 4.01. The van der Waals surface area contributed by atoms with Crippen LogP contribution in [0.4, 0.5) is 0 Å². The smallest absolute Gasteiger partial charge is 0.0120 e. The van der Waals surface area contributed by atoms with Gasteiger partial charge in [-0.1, -0.05) is 6.42 Å². The highest BCUT2D eigenvalue weighted by atomic mass is 15.2. The average Bonchev–Trinajstić information content (AvgIpc) is 2.55. The number of nitrogens with zero attached hydrogens (tertiary/aromatic N) is 3. The molecule has 0 aromatic rings. The lowest BCUT2D eigenvalue weighted by atomic mass is 10.00. The highest BCUT2D eigenvalue weighted by molar-refractivity contribution is 4.82. The molecule has 3 fully saturated rings. The number of piperidine rings is 2. The van der Waals surface area contributed by atoms with E-state index in [9.17, 15) is 0 Å². The molecule has 3 aliphatic heterocycles. The molecule has 4 heteroatoms. The van der Waals surface area contributed by atoms with Crippen molar-refractivity contribution in [3.05, 3.63) is 0 Å². The minimum Gasteiger partial charge on any atom is -0.314 e. The molecule has 0 aliphatic carbocycles. The van der Waals surface area contributed by atoms with E-state index in [1.807, 2.05) is 0 Å². The van der Waals surface area contributed by atoms with Gasteiger partial charge in [-0.05, 0) is 51.9 Å². The topological polar surface area (TPSA) is 21.8 Å². The summed E-state index contributed by atoms with van der Waals surface area (Å²) in [7, 11) is 0. The molecule has 0 bridgehead atoms. The molecule has 4 nitrogen and oxygen atoms in total. The fourth-order valence-electron chi connectivity index (χ4n) is 4.01. The van der Waals surface area contributed by atoms with Crippen molar-refractivity contribution >= 4 is 0 Å². The molecule has 3 saturated heterocycles. The van der Waals surface area contributed by atoms with Crippen molar-refractivity contribution in [1.82, 2.24) is 20.0 Å². The maximum Gasteiger partial charge on any atom is 0.0120 e. The molecule has 0 aromatic heterocycles. The molecule has 3 aliphatic rings. The van der Waals surface area contributed by atoms with E-state index >= 15 is 0 Å². The summed E-state index contributed by atoms with van der Waals surface area (Å²) in [5, 5.41) is 3.43. The monoisotopic (exact) mass is 280 g/mol. The molecule has 0 aromatic carbocycles. The van der Waals surface area contributed by atoms with Crippen LogP contribution in [0.1, 0.15) is 32.1 Å². The van der Waals surface area contributed by atoms with Crippen LogP contribution in [0.15, 0.2) is 0 Å².